The lowest BCUT2D eigenvalue weighted by molar-refractivity contribution is -0.126. The van der Waals surface area contributed by atoms with E-state index in [1.54, 1.807) is 37.3 Å². The molecule has 2 aromatic rings. The molecule has 0 N–H and O–H groups in total. The monoisotopic (exact) mass is 423 g/mol. The Morgan fingerprint density at radius 1 is 1.14 bits per heavy atom. The van der Waals surface area contributed by atoms with Crippen LogP contribution in [0.3, 0.4) is 0 Å². The number of Topliss-reactive ketones (excluding diaryl/α,β-unsaturated/α-hetero) is 1. The number of ether oxygens (including phenoxy) is 2. The van der Waals surface area contributed by atoms with E-state index in [9.17, 15) is 9.59 Å². The first-order chi connectivity index (χ1) is 13.3. The van der Waals surface area contributed by atoms with Gasteiger partial charge in [-0.25, -0.2) is 4.42 Å². The predicted molar refractivity (Wildman–Crippen MR) is 108 cm³/mol. The highest BCUT2D eigenvalue weighted by atomic mass is 35.5. The van der Waals surface area contributed by atoms with Crippen LogP contribution in [0.25, 0.3) is 0 Å². The van der Waals surface area contributed by atoms with E-state index in [4.69, 9.17) is 32.9 Å². The van der Waals surface area contributed by atoms with Gasteiger partial charge in [-0.3, -0.25) is 9.59 Å². The Bertz CT molecular complexity index is 898. The first-order valence-corrected chi connectivity index (χ1v) is 8.90. The highest BCUT2D eigenvalue weighted by Gasteiger charge is 2.30. The molecule has 0 saturated heterocycles. The standard InChI is InChI=1S/C19H19Cl2N3O4/c1-11-6-5-7-14(20)17(11)22-23-18(12(2)25)19(26)24(21)15-10-13(27-3)8-9-16(15)28-4/h5-10,18H,1-4H3. The van der Waals surface area contributed by atoms with Crippen LogP contribution in [0.1, 0.15) is 12.5 Å². The zero-order chi connectivity index (χ0) is 20.8. The highest BCUT2D eigenvalue weighted by molar-refractivity contribution is 6.39. The van der Waals surface area contributed by atoms with Crippen LogP contribution in [0.2, 0.25) is 5.02 Å². The molecule has 0 aromatic heterocycles. The summed E-state index contributed by atoms with van der Waals surface area (Å²) in [6.07, 6.45) is 0. The van der Waals surface area contributed by atoms with Crippen molar-refractivity contribution in [1.29, 1.82) is 0 Å². The number of nitrogens with zero attached hydrogens (tertiary/aromatic N) is 3. The van der Waals surface area contributed by atoms with Crippen molar-refractivity contribution < 1.29 is 19.1 Å². The lowest BCUT2D eigenvalue weighted by Crippen LogP contribution is -2.36. The number of hydrogen-bond donors (Lipinski definition) is 0. The van der Waals surface area contributed by atoms with Crippen LogP contribution in [0.15, 0.2) is 46.6 Å². The van der Waals surface area contributed by atoms with Crippen molar-refractivity contribution in [1.82, 2.24) is 0 Å². The second kappa shape index (κ2) is 9.52. The number of anilines is 1. The largest absolute Gasteiger partial charge is 0.497 e. The molecule has 0 spiro atoms. The van der Waals surface area contributed by atoms with Crippen LogP contribution < -0.4 is 13.9 Å². The predicted octanol–water partition coefficient (Wildman–Crippen LogP) is 4.89. The van der Waals surface area contributed by atoms with Gasteiger partial charge in [-0.15, -0.1) is 0 Å². The highest BCUT2D eigenvalue weighted by Crippen LogP contribution is 2.34. The number of hydrogen-bond acceptors (Lipinski definition) is 6. The quantitative estimate of drug-likeness (QED) is 0.360. The Morgan fingerprint density at radius 2 is 1.86 bits per heavy atom. The third kappa shape index (κ3) is 4.79. The maximum Gasteiger partial charge on any atom is 0.276 e. The Labute approximate surface area is 173 Å². The molecule has 9 heteroatoms. The molecule has 0 fully saturated rings. The van der Waals surface area contributed by atoms with Crippen LogP contribution in [-0.4, -0.2) is 32.0 Å². The molecule has 0 heterocycles. The van der Waals surface area contributed by atoms with Gasteiger partial charge in [0.05, 0.1) is 19.2 Å². The van der Waals surface area contributed by atoms with Gasteiger partial charge in [0, 0.05) is 17.8 Å². The van der Waals surface area contributed by atoms with Crippen LogP contribution >= 0.6 is 23.4 Å². The molecular formula is C19H19Cl2N3O4. The number of ketones is 1. The van der Waals surface area contributed by atoms with Crippen molar-refractivity contribution in [2.75, 3.05) is 18.6 Å². The molecule has 148 valence electrons. The molecule has 1 unspecified atom stereocenters. The van der Waals surface area contributed by atoms with Gasteiger partial charge in [0.15, 0.2) is 5.78 Å². The minimum Gasteiger partial charge on any atom is -0.497 e. The van der Waals surface area contributed by atoms with Gasteiger partial charge in [-0.05, 0) is 37.6 Å². The maximum atomic E-state index is 12.8. The molecule has 7 nitrogen and oxygen atoms in total. The maximum absolute atomic E-state index is 12.8. The van der Waals surface area contributed by atoms with Crippen molar-refractivity contribution in [3.05, 3.63) is 47.0 Å². The smallest absolute Gasteiger partial charge is 0.276 e. The first kappa shape index (κ1) is 21.7. The van der Waals surface area contributed by atoms with E-state index in [1.807, 2.05) is 0 Å². The average Bonchev–Trinajstić information content (AvgIpc) is 2.68. The molecule has 0 saturated carbocycles. The Kier molecular flexibility index (Phi) is 7.37. The summed E-state index contributed by atoms with van der Waals surface area (Å²) in [5.74, 6) is -0.521. The van der Waals surface area contributed by atoms with E-state index in [1.165, 1.54) is 27.2 Å². The van der Waals surface area contributed by atoms with Crippen molar-refractivity contribution in [2.24, 2.45) is 10.2 Å². The summed E-state index contributed by atoms with van der Waals surface area (Å²) >= 11 is 12.3. The number of aryl methyl sites for hydroxylation is 1. The van der Waals surface area contributed by atoms with Crippen LogP contribution in [-0.2, 0) is 9.59 Å². The fraction of sp³-hybridized carbons (Fsp3) is 0.263. The fourth-order valence-corrected chi connectivity index (χ4v) is 2.83. The van der Waals surface area contributed by atoms with Gasteiger partial charge in [0.2, 0.25) is 6.04 Å². The summed E-state index contributed by atoms with van der Waals surface area (Å²) in [4.78, 5) is 24.9. The number of benzene rings is 2. The minimum atomic E-state index is -1.44. The number of halogens is 2. The van der Waals surface area contributed by atoms with E-state index in [0.29, 0.717) is 22.2 Å². The van der Waals surface area contributed by atoms with Crippen molar-refractivity contribution in [3.8, 4) is 11.5 Å². The Morgan fingerprint density at radius 3 is 2.43 bits per heavy atom. The molecule has 0 bridgehead atoms. The molecule has 0 radical (unpaired) electrons. The molecule has 0 aliphatic rings. The molecule has 28 heavy (non-hydrogen) atoms. The van der Waals surface area contributed by atoms with E-state index in [-0.39, 0.29) is 5.69 Å². The number of methoxy groups -OCH3 is 2. The summed E-state index contributed by atoms with van der Waals surface area (Å²) in [6.45, 7) is 3.02. The van der Waals surface area contributed by atoms with Crippen LogP contribution in [0.4, 0.5) is 11.4 Å². The van der Waals surface area contributed by atoms with Gasteiger partial charge in [-0.2, -0.15) is 10.2 Å². The summed E-state index contributed by atoms with van der Waals surface area (Å²) in [5.41, 5.74) is 1.34. The van der Waals surface area contributed by atoms with E-state index in [0.717, 1.165) is 9.98 Å². The number of azo groups is 1. The molecular weight excluding hydrogens is 405 g/mol. The van der Waals surface area contributed by atoms with Gasteiger partial charge < -0.3 is 9.47 Å². The second-order valence-electron chi connectivity index (χ2n) is 5.79. The molecule has 1 amide bonds. The third-order valence-electron chi connectivity index (χ3n) is 3.87. The normalized spacial score (nSPS) is 11.9. The fourth-order valence-electron chi connectivity index (χ4n) is 2.35. The average molecular weight is 424 g/mol. The molecule has 0 aliphatic carbocycles. The SMILES string of the molecule is COc1ccc(OC)c(N(Cl)C(=O)C(N=Nc2c(C)cccc2Cl)C(C)=O)c1. The zero-order valence-electron chi connectivity index (χ0n) is 15.8. The Balaban J connectivity index is 2.38. The molecule has 0 aliphatic heterocycles. The van der Waals surface area contributed by atoms with E-state index in [2.05, 4.69) is 10.2 Å². The molecule has 2 aromatic carbocycles. The van der Waals surface area contributed by atoms with Gasteiger partial charge in [0.1, 0.15) is 22.9 Å². The third-order valence-corrected chi connectivity index (χ3v) is 4.53. The number of carbonyl (C=O) groups is 2. The summed E-state index contributed by atoms with van der Waals surface area (Å²) < 4.78 is 11.1. The first-order valence-electron chi connectivity index (χ1n) is 8.18. The lowest BCUT2D eigenvalue weighted by Gasteiger charge is -2.19. The van der Waals surface area contributed by atoms with Crippen molar-refractivity contribution >= 4 is 46.4 Å². The summed E-state index contributed by atoms with van der Waals surface area (Å²) in [6, 6.07) is 8.51. The Hall–Kier alpha value is -2.64. The summed E-state index contributed by atoms with van der Waals surface area (Å²) in [7, 11) is 2.91. The number of amides is 1. The van der Waals surface area contributed by atoms with Gasteiger partial charge >= 0.3 is 0 Å². The van der Waals surface area contributed by atoms with Crippen LogP contribution in [0.5, 0.6) is 11.5 Å². The van der Waals surface area contributed by atoms with Crippen molar-refractivity contribution in [2.45, 2.75) is 19.9 Å². The number of rotatable bonds is 7. The van der Waals surface area contributed by atoms with E-state index < -0.39 is 17.7 Å². The van der Waals surface area contributed by atoms with E-state index >= 15 is 0 Å². The lowest BCUT2D eigenvalue weighted by atomic mass is 10.2. The van der Waals surface area contributed by atoms with Gasteiger partial charge in [0.25, 0.3) is 5.91 Å². The molecule has 2 rings (SSSR count). The second-order valence-corrected chi connectivity index (χ2v) is 6.54. The number of carbonyl (C=O) groups excluding carboxylic acids is 2. The van der Waals surface area contributed by atoms with Crippen LogP contribution in [0, 0.1) is 6.92 Å². The minimum absolute atomic E-state index is 0.212. The van der Waals surface area contributed by atoms with Gasteiger partial charge in [-0.1, -0.05) is 23.7 Å². The molecule has 1 atom stereocenters. The topological polar surface area (TPSA) is 80.6 Å². The zero-order valence-corrected chi connectivity index (χ0v) is 17.3. The van der Waals surface area contributed by atoms with Crippen molar-refractivity contribution in [3.63, 3.8) is 0 Å². The summed E-state index contributed by atoms with van der Waals surface area (Å²) in [5, 5.41) is 8.27.